The summed E-state index contributed by atoms with van der Waals surface area (Å²) in [6, 6.07) is 6.96. The quantitative estimate of drug-likeness (QED) is 0.192. The van der Waals surface area contributed by atoms with Crippen LogP contribution in [0.15, 0.2) is 51.2 Å². The van der Waals surface area contributed by atoms with Gasteiger partial charge in [0.2, 0.25) is 11.7 Å². The predicted octanol–water partition coefficient (Wildman–Crippen LogP) is -0.000880. The average molecular weight is 635 g/mol. The van der Waals surface area contributed by atoms with Crippen LogP contribution in [-0.2, 0) is 20.6 Å². The molecule has 3 aromatic rings. The first-order valence-corrected chi connectivity index (χ1v) is 13.7. The third-order valence-electron chi connectivity index (χ3n) is 7.31. The van der Waals surface area contributed by atoms with Crippen molar-refractivity contribution in [2.75, 3.05) is 12.4 Å². The number of allylic oxidation sites excluding steroid dienone is 2. The largest absolute Gasteiger partial charge is 1.00 e. The number of phenolic OH excluding ortho intramolecular Hbond substituents is 1. The average Bonchev–Trinajstić information content (AvgIpc) is 2.94. The molecule has 1 saturated heterocycles. The SMILES string of the molecule is CO[C@H]1[C@@H](OC(N)=O)[C@H](O)[C@@H](Oc2ccc3c(=O)c(NC(=O)c4ccc(O)c(CC=C(C)C)c4)c([O-])oc3c2C)OC1(C)C.[Na+]. The Morgan fingerprint density at radius 1 is 1.20 bits per heavy atom. The molecule has 13 nitrogen and oxygen atoms in total. The zero-order valence-corrected chi connectivity index (χ0v) is 28.1. The van der Waals surface area contributed by atoms with Crippen molar-refractivity contribution in [3.63, 3.8) is 0 Å². The number of carbonyl (C=O) groups is 2. The number of rotatable bonds is 8. The molecule has 0 unspecified atom stereocenters. The molecule has 45 heavy (non-hydrogen) atoms. The van der Waals surface area contributed by atoms with E-state index in [0.29, 0.717) is 12.0 Å². The maximum Gasteiger partial charge on any atom is 1.00 e. The van der Waals surface area contributed by atoms with Crippen molar-refractivity contribution in [3.8, 4) is 17.4 Å². The van der Waals surface area contributed by atoms with Gasteiger partial charge in [-0.15, -0.1) is 0 Å². The number of amides is 2. The second kappa shape index (κ2) is 14.2. The fraction of sp³-hybridized carbons (Fsp3) is 0.387. The van der Waals surface area contributed by atoms with Crippen molar-refractivity contribution >= 4 is 28.7 Å². The molecule has 0 bridgehead atoms. The standard InChI is InChI=1S/C31H36N2O11.Na/c1-14(2)7-8-16-13-17(9-11-19(16)34)27(37)33-21-22(35)18-10-12-20(15(3)24(18)42-28(21)38)41-29-23(36)25(43-30(32)39)26(40-6)31(4,5)44-29;/h7,9-13,23,25-26,29,34,36,38H,8H2,1-6H3,(H2,32,39)(H,33,37);/q;+1/p-1/t23-,25-,26-,29-;/m0./s1. The summed E-state index contributed by atoms with van der Waals surface area (Å²) >= 11 is 0. The Morgan fingerprint density at radius 3 is 2.51 bits per heavy atom. The normalized spacial score (nSPS) is 20.5. The maximum absolute atomic E-state index is 13.3. The first kappa shape index (κ1) is 35.9. The zero-order valence-electron chi connectivity index (χ0n) is 26.1. The van der Waals surface area contributed by atoms with Crippen molar-refractivity contribution in [2.24, 2.45) is 5.73 Å². The third kappa shape index (κ3) is 7.63. The smallest absolute Gasteiger partial charge is 0.577 e. The Bertz CT molecular complexity index is 1680. The van der Waals surface area contributed by atoms with Crippen LogP contribution < -0.4 is 55.9 Å². The number of methoxy groups -OCH3 is 1. The van der Waals surface area contributed by atoms with Crippen LogP contribution in [0.4, 0.5) is 10.5 Å². The molecule has 0 aliphatic carbocycles. The summed E-state index contributed by atoms with van der Waals surface area (Å²) in [5.41, 5.74) is 4.50. The Kier molecular flexibility index (Phi) is 11.3. The summed E-state index contributed by atoms with van der Waals surface area (Å²) in [7, 11) is 1.36. The molecule has 0 saturated carbocycles. The second-order valence-corrected chi connectivity index (χ2v) is 11.2. The molecule has 236 valence electrons. The Morgan fingerprint density at radius 2 is 1.89 bits per heavy atom. The molecule has 0 radical (unpaired) electrons. The van der Waals surface area contributed by atoms with Gasteiger partial charge in [-0.05, 0) is 76.9 Å². The topological polar surface area (TPSA) is 203 Å². The first-order chi connectivity index (χ1) is 20.6. The summed E-state index contributed by atoms with van der Waals surface area (Å²) < 4.78 is 27.8. The summed E-state index contributed by atoms with van der Waals surface area (Å²) in [5, 5.41) is 36.3. The molecule has 1 aliphatic rings. The number of aromatic hydroxyl groups is 1. The van der Waals surface area contributed by atoms with E-state index < -0.39 is 59.3 Å². The molecule has 2 amide bonds. The van der Waals surface area contributed by atoms with Gasteiger partial charge in [-0.3, -0.25) is 9.59 Å². The van der Waals surface area contributed by atoms with E-state index in [1.807, 2.05) is 19.9 Å². The maximum atomic E-state index is 13.3. The third-order valence-corrected chi connectivity index (χ3v) is 7.31. The number of fused-ring (bicyclic) bond motifs is 1. The number of phenols is 1. The van der Waals surface area contributed by atoms with E-state index in [1.54, 1.807) is 13.8 Å². The number of primary amides is 1. The van der Waals surface area contributed by atoms with E-state index in [4.69, 9.17) is 29.1 Å². The van der Waals surface area contributed by atoms with Gasteiger partial charge in [0, 0.05) is 29.2 Å². The van der Waals surface area contributed by atoms with Crippen LogP contribution in [0.25, 0.3) is 11.0 Å². The van der Waals surface area contributed by atoms with Crippen LogP contribution in [0.5, 0.6) is 17.4 Å². The molecule has 1 aromatic heterocycles. The number of hydrogen-bond acceptors (Lipinski definition) is 11. The van der Waals surface area contributed by atoms with E-state index in [2.05, 4.69) is 5.32 Å². The molecule has 14 heteroatoms. The van der Waals surface area contributed by atoms with Crippen molar-refractivity contribution in [2.45, 2.75) is 71.2 Å². The minimum Gasteiger partial charge on any atom is -0.577 e. The summed E-state index contributed by atoms with van der Waals surface area (Å²) in [6.07, 6.45) is -3.88. The molecule has 2 aromatic carbocycles. The van der Waals surface area contributed by atoms with Crippen LogP contribution in [0.2, 0.25) is 0 Å². The molecule has 2 heterocycles. The molecular weight excluding hydrogens is 599 g/mol. The molecule has 4 atom stereocenters. The molecule has 1 fully saturated rings. The van der Waals surface area contributed by atoms with Gasteiger partial charge < -0.3 is 49.7 Å². The van der Waals surface area contributed by atoms with Gasteiger partial charge in [0.25, 0.3) is 5.91 Å². The number of nitrogens with one attached hydrogen (secondary N) is 1. The molecule has 4 rings (SSSR count). The number of hydrogen-bond donors (Lipinski definition) is 4. The van der Waals surface area contributed by atoms with Gasteiger partial charge in [0.15, 0.2) is 12.2 Å². The van der Waals surface area contributed by atoms with Gasteiger partial charge in [0.05, 0.1) is 11.5 Å². The summed E-state index contributed by atoms with van der Waals surface area (Å²) in [4.78, 5) is 37.8. The number of ether oxygens (including phenoxy) is 4. The van der Waals surface area contributed by atoms with E-state index in [-0.39, 0.29) is 63.2 Å². The van der Waals surface area contributed by atoms with Crippen molar-refractivity contribution in [3.05, 3.63) is 68.9 Å². The van der Waals surface area contributed by atoms with Gasteiger partial charge >= 0.3 is 35.7 Å². The molecular formula is C31H35N2NaO11. The van der Waals surface area contributed by atoms with Crippen molar-refractivity contribution in [1.29, 1.82) is 0 Å². The van der Waals surface area contributed by atoms with E-state index in [9.17, 15) is 29.7 Å². The number of nitrogens with two attached hydrogens (primary N) is 1. The van der Waals surface area contributed by atoms with Gasteiger partial charge in [0.1, 0.15) is 23.3 Å². The number of aliphatic hydroxyl groups is 1. The Hall–Kier alpha value is -3.59. The molecule has 0 spiro atoms. The van der Waals surface area contributed by atoms with E-state index in [0.717, 1.165) is 5.57 Å². The van der Waals surface area contributed by atoms with E-state index >= 15 is 0 Å². The summed E-state index contributed by atoms with van der Waals surface area (Å²) in [5.74, 6) is -1.73. The van der Waals surface area contributed by atoms with Crippen LogP contribution in [-0.4, -0.2) is 59.5 Å². The van der Waals surface area contributed by atoms with Crippen LogP contribution >= 0.6 is 0 Å². The number of aliphatic hydroxyl groups excluding tert-OH is 1. The fourth-order valence-electron chi connectivity index (χ4n) is 5.05. The van der Waals surface area contributed by atoms with Gasteiger partial charge in [-0.2, -0.15) is 0 Å². The monoisotopic (exact) mass is 634 g/mol. The van der Waals surface area contributed by atoms with Crippen LogP contribution in [0, 0.1) is 6.92 Å². The number of carbonyl (C=O) groups excluding carboxylic acids is 2. The molecule has 1 aliphatic heterocycles. The minimum atomic E-state index is -1.53. The fourth-order valence-corrected chi connectivity index (χ4v) is 5.05. The van der Waals surface area contributed by atoms with Crippen LogP contribution in [0.3, 0.4) is 0 Å². The number of anilines is 1. The number of benzene rings is 2. The van der Waals surface area contributed by atoms with Gasteiger partial charge in [-0.25, -0.2) is 4.79 Å². The Labute approximate surface area is 281 Å². The molecule has 5 N–H and O–H groups in total. The summed E-state index contributed by atoms with van der Waals surface area (Å²) in [6.45, 7) is 8.63. The van der Waals surface area contributed by atoms with Crippen molar-refractivity contribution < 1.29 is 77.8 Å². The minimum absolute atomic E-state index is 0. The first-order valence-electron chi connectivity index (χ1n) is 13.7. The van der Waals surface area contributed by atoms with Gasteiger partial charge in [-0.1, -0.05) is 11.6 Å². The Balaban J connectivity index is 0.00000552. The zero-order chi connectivity index (χ0) is 32.5. The van der Waals surface area contributed by atoms with E-state index in [1.165, 1.54) is 44.4 Å². The van der Waals surface area contributed by atoms with Crippen molar-refractivity contribution in [1.82, 2.24) is 0 Å². The second-order valence-electron chi connectivity index (χ2n) is 11.2. The van der Waals surface area contributed by atoms with Crippen LogP contribution in [0.1, 0.15) is 49.2 Å². The number of aryl methyl sites for hydroxylation is 1. The predicted molar refractivity (Wildman–Crippen MR) is 157 cm³/mol.